The standard InChI is InChI=1S/C22H28N2O/c1-2-21(19-11-7-4-8-12-19)23-22(25)20-13-15-24(16-14-20)17-18-9-5-3-6-10-18/h3-12,20-21H,2,13-17H2,1H3,(H,23,25)/t21-/m0/s1. The molecular formula is C22H28N2O. The first-order valence-electron chi connectivity index (χ1n) is 9.38. The van der Waals surface area contributed by atoms with Gasteiger partial charge in [-0.1, -0.05) is 67.6 Å². The fourth-order valence-corrected chi connectivity index (χ4v) is 3.59. The van der Waals surface area contributed by atoms with Crippen LogP contribution in [0.1, 0.15) is 43.4 Å². The van der Waals surface area contributed by atoms with E-state index < -0.39 is 0 Å². The maximum absolute atomic E-state index is 12.7. The van der Waals surface area contributed by atoms with E-state index in [1.54, 1.807) is 0 Å². The van der Waals surface area contributed by atoms with Gasteiger partial charge in [0.1, 0.15) is 0 Å². The predicted octanol–water partition coefficient (Wildman–Crippen LogP) is 4.17. The van der Waals surface area contributed by atoms with E-state index in [0.717, 1.165) is 38.9 Å². The predicted molar refractivity (Wildman–Crippen MR) is 102 cm³/mol. The highest BCUT2D eigenvalue weighted by Crippen LogP contribution is 2.22. The summed E-state index contributed by atoms with van der Waals surface area (Å²) in [5, 5.41) is 3.26. The first-order chi connectivity index (χ1) is 12.3. The number of nitrogens with zero attached hydrogens (tertiary/aromatic N) is 1. The number of hydrogen-bond acceptors (Lipinski definition) is 2. The van der Waals surface area contributed by atoms with Crippen molar-refractivity contribution in [1.82, 2.24) is 10.2 Å². The molecule has 0 aliphatic carbocycles. The van der Waals surface area contributed by atoms with Gasteiger partial charge in [-0.25, -0.2) is 0 Å². The third-order valence-electron chi connectivity index (χ3n) is 5.13. The first-order valence-corrected chi connectivity index (χ1v) is 9.38. The van der Waals surface area contributed by atoms with Crippen LogP contribution in [0.5, 0.6) is 0 Å². The molecule has 0 bridgehead atoms. The Bertz CT molecular complexity index is 648. The number of piperidine rings is 1. The molecular weight excluding hydrogens is 308 g/mol. The summed E-state index contributed by atoms with van der Waals surface area (Å²) in [6.07, 6.45) is 2.82. The molecule has 1 aliphatic rings. The van der Waals surface area contributed by atoms with Crippen LogP contribution in [-0.2, 0) is 11.3 Å². The van der Waals surface area contributed by atoms with Crippen molar-refractivity contribution < 1.29 is 4.79 Å². The Hall–Kier alpha value is -2.13. The highest BCUT2D eigenvalue weighted by atomic mass is 16.1. The molecule has 1 saturated heterocycles. The molecule has 3 rings (SSSR count). The van der Waals surface area contributed by atoms with Crippen molar-refractivity contribution in [2.75, 3.05) is 13.1 Å². The van der Waals surface area contributed by atoms with Crippen LogP contribution < -0.4 is 5.32 Å². The smallest absolute Gasteiger partial charge is 0.223 e. The lowest BCUT2D eigenvalue weighted by Gasteiger charge is -2.32. The van der Waals surface area contributed by atoms with Gasteiger partial charge in [0.25, 0.3) is 0 Å². The molecule has 1 aliphatic heterocycles. The Labute approximate surface area is 151 Å². The molecule has 25 heavy (non-hydrogen) atoms. The van der Waals surface area contributed by atoms with E-state index >= 15 is 0 Å². The molecule has 0 aromatic heterocycles. The van der Waals surface area contributed by atoms with Crippen LogP contribution in [0, 0.1) is 5.92 Å². The summed E-state index contributed by atoms with van der Waals surface area (Å²) in [6, 6.07) is 21.0. The Morgan fingerprint density at radius 2 is 1.64 bits per heavy atom. The van der Waals surface area contributed by atoms with Gasteiger partial charge in [-0.05, 0) is 43.5 Å². The topological polar surface area (TPSA) is 32.3 Å². The molecule has 2 aromatic rings. The molecule has 1 amide bonds. The van der Waals surface area contributed by atoms with E-state index in [4.69, 9.17) is 0 Å². The van der Waals surface area contributed by atoms with E-state index in [-0.39, 0.29) is 17.9 Å². The minimum absolute atomic E-state index is 0.121. The molecule has 1 heterocycles. The van der Waals surface area contributed by atoms with Crippen LogP contribution in [0.4, 0.5) is 0 Å². The van der Waals surface area contributed by atoms with Crippen molar-refractivity contribution in [1.29, 1.82) is 0 Å². The van der Waals surface area contributed by atoms with Gasteiger partial charge in [0.2, 0.25) is 5.91 Å². The SMILES string of the molecule is CC[C@H](NC(=O)C1CCN(Cc2ccccc2)CC1)c1ccccc1. The average Bonchev–Trinajstić information content (AvgIpc) is 2.68. The van der Waals surface area contributed by atoms with Crippen molar-refractivity contribution in [3.63, 3.8) is 0 Å². The van der Waals surface area contributed by atoms with Gasteiger partial charge in [-0.3, -0.25) is 9.69 Å². The van der Waals surface area contributed by atoms with Gasteiger partial charge in [0, 0.05) is 12.5 Å². The number of hydrogen-bond donors (Lipinski definition) is 1. The summed E-state index contributed by atoms with van der Waals surface area (Å²) >= 11 is 0. The fourth-order valence-electron chi connectivity index (χ4n) is 3.59. The van der Waals surface area contributed by atoms with E-state index in [1.807, 2.05) is 18.2 Å². The van der Waals surface area contributed by atoms with Crippen LogP contribution >= 0.6 is 0 Å². The molecule has 0 radical (unpaired) electrons. The average molecular weight is 336 g/mol. The minimum atomic E-state index is 0.121. The molecule has 0 unspecified atom stereocenters. The summed E-state index contributed by atoms with van der Waals surface area (Å²) in [4.78, 5) is 15.1. The van der Waals surface area contributed by atoms with Crippen LogP contribution in [0.2, 0.25) is 0 Å². The van der Waals surface area contributed by atoms with Crippen molar-refractivity contribution in [2.45, 2.75) is 38.8 Å². The van der Waals surface area contributed by atoms with Crippen LogP contribution in [0.25, 0.3) is 0 Å². The van der Waals surface area contributed by atoms with Gasteiger partial charge in [0.15, 0.2) is 0 Å². The Morgan fingerprint density at radius 3 is 2.24 bits per heavy atom. The second kappa shape index (κ2) is 8.82. The second-order valence-corrected chi connectivity index (χ2v) is 6.92. The third kappa shape index (κ3) is 4.93. The second-order valence-electron chi connectivity index (χ2n) is 6.92. The quantitative estimate of drug-likeness (QED) is 0.859. The molecule has 1 atom stereocenters. The number of amides is 1. The van der Waals surface area contributed by atoms with E-state index in [9.17, 15) is 4.79 Å². The molecule has 2 aromatic carbocycles. The van der Waals surface area contributed by atoms with Gasteiger partial charge < -0.3 is 5.32 Å². The lowest BCUT2D eigenvalue weighted by Crippen LogP contribution is -2.41. The van der Waals surface area contributed by atoms with Crippen molar-refractivity contribution in [3.05, 3.63) is 71.8 Å². The zero-order valence-electron chi connectivity index (χ0n) is 15.0. The van der Waals surface area contributed by atoms with Crippen LogP contribution in [0.15, 0.2) is 60.7 Å². The minimum Gasteiger partial charge on any atom is -0.349 e. The van der Waals surface area contributed by atoms with Crippen LogP contribution in [0.3, 0.4) is 0 Å². The zero-order chi connectivity index (χ0) is 17.5. The lowest BCUT2D eigenvalue weighted by atomic mass is 9.94. The lowest BCUT2D eigenvalue weighted by molar-refractivity contribution is -0.127. The summed E-state index contributed by atoms with van der Waals surface area (Å²) in [6.45, 7) is 5.10. The highest BCUT2D eigenvalue weighted by molar-refractivity contribution is 5.79. The maximum Gasteiger partial charge on any atom is 0.223 e. The number of carbonyl (C=O) groups is 1. The summed E-state index contributed by atoms with van der Waals surface area (Å²) in [5.74, 6) is 0.361. The van der Waals surface area contributed by atoms with E-state index in [0.29, 0.717) is 0 Å². The largest absolute Gasteiger partial charge is 0.349 e. The number of nitrogens with one attached hydrogen (secondary N) is 1. The molecule has 0 spiro atoms. The molecule has 3 nitrogen and oxygen atoms in total. The van der Waals surface area contributed by atoms with Gasteiger partial charge in [0.05, 0.1) is 6.04 Å². The normalized spacial score (nSPS) is 17.2. The van der Waals surface area contributed by atoms with Crippen molar-refractivity contribution in [2.24, 2.45) is 5.92 Å². The number of carbonyl (C=O) groups excluding carboxylic acids is 1. The Morgan fingerprint density at radius 1 is 1.04 bits per heavy atom. The number of likely N-dealkylation sites (tertiary alicyclic amines) is 1. The molecule has 3 heteroatoms. The Kier molecular flexibility index (Phi) is 6.24. The number of benzene rings is 2. The Balaban J connectivity index is 1.49. The molecule has 0 saturated carbocycles. The van der Waals surface area contributed by atoms with Gasteiger partial charge in [-0.2, -0.15) is 0 Å². The summed E-state index contributed by atoms with van der Waals surface area (Å²) in [7, 11) is 0. The van der Waals surface area contributed by atoms with Gasteiger partial charge in [-0.15, -0.1) is 0 Å². The highest BCUT2D eigenvalue weighted by Gasteiger charge is 2.26. The van der Waals surface area contributed by atoms with E-state index in [2.05, 4.69) is 59.6 Å². The van der Waals surface area contributed by atoms with E-state index in [1.165, 1.54) is 11.1 Å². The molecule has 1 fully saturated rings. The zero-order valence-corrected chi connectivity index (χ0v) is 15.0. The van der Waals surface area contributed by atoms with Crippen molar-refractivity contribution >= 4 is 5.91 Å². The molecule has 1 N–H and O–H groups in total. The van der Waals surface area contributed by atoms with Crippen molar-refractivity contribution in [3.8, 4) is 0 Å². The van der Waals surface area contributed by atoms with Gasteiger partial charge >= 0.3 is 0 Å². The molecule has 132 valence electrons. The number of rotatable bonds is 6. The third-order valence-corrected chi connectivity index (χ3v) is 5.13. The summed E-state index contributed by atoms with van der Waals surface area (Å²) in [5.41, 5.74) is 2.54. The monoisotopic (exact) mass is 336 g/mol. The fraction of sp³-hybridized carbons (Fsp3) is 0.409. The maximum atomic E-state index is 12.7. The van der Waals surface area contributed by atoms with Crippen LogP contribution in [-0.4, -0.2) is 23.9 Å². The summed E-state index contributed by atoms with van der Waals surface area (Å²) < 4.78 is 0. The first kappa shape index (κ1) is 17.7.